The van der Waals surface area contributed by atoms with Crippen LogP contribution in [-0.2, 0) is 13.2 Å². The number of carbonyl (C=O) groups excluding carboxylic acids is 6. The first-order valence-corrected chi connectivity index (χ1v) is 39.3. The molecule has 0 bridgehead atoms. The first-order valence-electron chi connectivity index (χ1n) is 33.5. The monoisotopic (exact) mass is 1870 g/mol. The van der Waals surface area contributed by atoms with Gasteiger partial charge in [-0.3, -0.25) is 33.4 Å². The number of rotatable bonds is 19. The maximum absolute atomic E-state index is 12.5. The van der Waals surface area contributed by atoms with Crippen molar-refractivity contribution in [1.29, 1.82) is 0 Å². The number of aryl methyl sites for hydroxylation is 1. The van der Waals surface area contributed by atoms with Gasteiger partial charge in [-0.15, -0.1) is 0 Å². The molecule has 0 N–H and O–H groups in total. The number of Topliss-reactive ketones (excluding diaryl/α,β-unsaturated/α-hetero) is 2. The molecule has 0 radical (unpaired) electrons. The number of hydrogen-bond acceptors (Lipinski definition) is 8. The van der Waals surface area contributed by atoms with Crippen molar-refractivity contribution >= 4 is 237 Å². The molecular weight excluding hydrogens is 1820 g/mol. The second-order valence-electron chi connectivity index (χ2n) is 23.8. The molecule has 116 heavy (non-hydrogen) atoms. The fraction of sp³-hybridized carbons (Fsp3) is 0.0333. The van der Waals surface area contributed by atoms with Crippen LogP contribution in [0.1, 0.15) is 101 Å². The molecule has 26 heteroatoms. The number of ketones is 6. The number of ether oxygens (including phenoxy) is 1. The Morgan fingerprint density at radius 2 is 0.724 bits per heavy atom. The van der Waals surface area contributed by atoms with E-state index in [2.05, 4.69) is 34.2 Å². The number of nitrogens with zero attached hydrogens (tertiary/aromatic N) is 2. The van der Waals surface area contributed by atoms with Crippen LogP contribution in [0.25, 0.3) is 35.5 Å². The van der Waals surface area contributed by atoms with Gasteiger partial charge < -0.3 is 4.74 Å². The standard InChI is InChI=1S/C16H12Cl2O2.C15H10BrClO.3C15H9Cl3O.C14H10ClF3N2O/c1-10(15-13(17)4-3-5-14(15)18)16(19)11-6-8-12(20-2)9-7-11;16-13-6-4-12(5-7-13)15(18)10-3-11-1-8-14(17)9-2-11;16-12-6-3-7-13(17)10(12)8-9-15(19)11-4-1-2-5-14(11)18;16-11-7-4-10(5-8-11)6-9-14(19)15-12(17)2-1-3-13(15)18;16-11-6-4-10(5-7-11)15(19)9-8-12-13(17)2-1-3-14(12)18;1-8(12-11(15)7-20(2)19-12)13(21)9-3-5-10(6-4-9)14(16,17)18/h3-9H,1H2,2H3;1-10H;3*1-9H;3-7H,1H2,2H3. The number of halogens is 17. The third-order valence-corrected chi connectivity index (χ3v) is 20.2. The lowest BCUT2D eigenvalue weighted by atomic mass is 9.98. The zero-order valence-corrected chi connectivity index (χ0v) is 71.8. The van der Waals surface area contributed by atoms with E-state index in [4.69, 9.17) is 156 Å². The zero-order valence-electron chi connectivity index (χ0n) is 60.4. The van der Waals surface area contributed by atoms with Crippen LogP contribution in [-0.4, -0.2) is 51.6 Å². The lowest BCUT2D eigenvalue weighted by molar-refractivity contribution is -0.137. The summed E-state index contributed by atoms with van der Waals surface area (Å²) in [5.74, 6) is -0.632. The summed E-state index contributed by atoms with van der Waals surface area (Å²) in [7, 11) is 3.20. The van der Waals surface area contributed by atoms with Gasteiger partial charge in [0.2, 0.25) is 0 Å². The van der Waals surface area contributed by atoms with E-state index in [0.29, 0.717) is 111 Å². The van der Waals surface area contributed by atoms with Crippen LogP contribution in [0.5, 0.6) is 5.75 Å². The summed E-state index contributed by atoms with van der Waals surface area (Å²) in [4.78, 5) is 72.4. The summed E-state index contributed by atoms with van der Waals surface area (Å²) >= 11 is 80.7. The van der Waals surface area contributed by atoms with Crippen LogP contribution in [0.15, 0.2) is 291 Å². The maximum Gasteiger partial charge on any atom is 0.416 e. The van der Waals surface area contributed by atoms with Crippen molar-refractivity contribution in [1.82, 2.24) is 9.78 Å². The van der Waals surface area contributed by atoms with E-state index in [1.807, 2.05) is 36.4 Å². The molecule has 0 amide bonds. The summed E-state index contributed by atoms with van der Waals surface area (Å²) in [5.41, 5.74) is 5.82. The van der Waals surface area contributed by atoms with Crippen LogP contribution >= 0.6 is 167 Å². The molecule has 1 heterocycles. The number of alkyl halides is 3. The third-order valence-electron chi connectivity index (χ3n) is 15.7. The molecule has 0 saturated heterocycles. The van der Waals surface area contributed by atoms with E-state index in [1.165, 1.54) is 29.1 Å². The molecule has 0 atom stereocenters. The number of aromatic nitrogens is 2. The number of methoxy groups -OCH3 is 1. The normalized spacial score (nSPS) is 10.9. The molecule has 590 valence electrons. The Kier molecular flexibility index (Phi) is 37.5. The molecule has 0 aliphatic carbocycles. The van der Waals surface area contributed by atoms with Gasteiger partial charge in [-0.25, -0.2) is 0 Å². The van der Waals surface area contributed by atoms with Gasteiger partial charge in [0.05, 0.1) is 48.4 Å². The first-order chi connectivity index (χ1) is 55.1. The van der Waals surface area contributed by atoms with Gasteiger partial charge in [0, 0.05) is 109 Å². The summed E-state index contributed by atoms with van der Waals surface area (Å²) in [6.07, 6.45) is 9.59. The Balaban J connectivity index is 0.000000193. The van der Waals surface area contributed by atoms with Crippen molar-refractivity contribution in [3.8, 4) is 5.75 Å². The van der Waals surface area contributed by atoms with Crippen LogP contribution < -0.4 is 4.74 Å². The second kappa shape index (κ2) is 46.2. The quantitative estimate of drug-likeness (QED) is 0.0578. The molecule has 0 unspecified atom stereocenters. The Morgan fingerprint density at radius 1 is 0.379 bits per heavy atom. The van der Waals surface area contributed by atoms with Gasteiger partial charge in [-0.2, -0.15) is 18.3 Å². The zero-order chi connectivity index (χ0) is 84.9. The van der Waals surface area contributed by atoms with Crippen LogP contribution in [0.3, 0.4) is 0 Å². The molecule has 1 aromatic heterocycles. The number of carbonyl (C=O) groups is 6. The van der Waals surface area contributed by atoms with Crippen LogP contribution in [0.2, 0.25) is 65.3 Å². The van der Waals surface area contributed by atoms with Crippen molar-refractivity contribution in [3.05, 3.63) is 429 Å². The summed E-state index contributed by atoms with van der Waals surface area (Å²) in [5, 5.41) is 10.1. The van der Waals surface area contributed by atoms with E-state index in [0.717, 1.165) is 39.9 Å². The minimum atomic E-state index is -4.44. The van der Waals surface area contributed by atoms with Gasteiger partial charge >= 0.3 is 6.18 Å². The highest BCUT2D eigenvalue weighted by Crippen LogP contribution is 2.35. The predicted molar refractivity (Wildman–Crippen MR) is 479 cm³/mol. The molecule has 0 aliphatic rings. The van der Waals surface area contributed by atoms with E-state index in [9.17, 15) is 41.9 Å². The lowest BCUT2D eigenvalue weighted by Gasteiger charge is -2.09. The average molecular weight is 1880 g/mol. The highest BCUT2D eigenvalue weighted by Gasteiger charge is 2.31. The first kappa shape index (κ1) is 94.1. The lowest BCUT2D eigenvalue weighted by Crippen LogP contribution is -2.07. The van der Waals surface area contributed by atoms with E-state index < -0.39 is 17.5 Å². The highest BCUT2D eigenvalue weighted by molar-refractivity contribution is 9.10. The Morgan fingerprint density at radius 3 is 1.13 bits per heavy atom. The second-order valence-corrected chi connectivity index (χ2v) is 30.1. The molecule has 12 aromatic rings. The Labute approximate surface area is 741 Å². The topological polar surface area (TPSA) is 129 Å². The largest absolute Gasteiger partial charge is 0.497 e. The van der Waals surface area contributed by atoms with Crippen LogP contribution in [0, 0.1) is 0 Å². The van der Waals surface area contributed by atoms with E-state index in [1.54, 1.807) is 227 Å². The fourth-order valence-electron chi connectivity index (χ4n) is 9.71. The average Bonchev–Trinajstić information content (AvgIpc) is 1.45. The van der Waals surface area contributed by atoms with Crippen LogP contribution in [0.4, 0.5) is 13.2 Å². The maximum atomic E-state index is 12.5. The summed E-state index contributed by atoms with van der Waals surface area (Å²) in [6, 6.07) is 66.4. The SMILES string of the molecule is C=C(C(=O)c1ccc(C(F)(F)F)cc1)c1nn(C)cc1Cl.C=C(C(=O)c1ccc(OC)cc1)c1c(Cl)cccc1Cl.O=C(C=Cc1c(Cl)cccc1Cl)c1ccc(Cl)cc1.O=C(C=Cc1c(Cl)cccc1Cl)c1ccccc1Cl.O=C(C=Cc1ccc(Cl)cc1)c1c(Cl)cccc1Cl.O=C(C=Cc1ccc(Cl)cc1)c1ccc(Br)cc1. The molecule has 11 aromatic carbocycles. The molecule has 0 spiro atoms. The number of allylic oxidation sites excluding steroid dienone is 6. The predicted octanol–water partition coefficient (Wildman–Crippen LogP) is 30.5. The minimum absolute atomic E-state index is 0.0162. The number of benzene rings is 11. The minimum Gasteiger partial charge on any atom is -0.497 e. The van der Waals surface area contributed by atoms with Crippen molar-refractivity contribution < 1.29 is 46.7 Å². The smallest absolute Gasteiger partial charge is 0.416 e. The molecule has 12 rings (SSSR count). The van der Waals surface area contributed by atoms with Gasteiger partial charge in [-0.05, 0) is 217 Å². The van der Waals surface area contributed by atoms with Gasteiger partial charge in [0.25, 0.3) is 0 Å². The van der Waals surface area contributed by atoms with Crippen molar-refractivity contribution in [2.75, 3.05) is 7.11 Å². The molecule has 0 saturated carbocycles. The van der Waals surface area contributed by atoms with Crippen molar-refractivity contribution in [2.45, 2.75) is 6.18 Å². The van der Waals surface area contributed by atoms with Crippen molar-refractivity contribution in [3.63, 3.8) is 0 Å². The summed E-state index contributed by atoms with van der Waals surface area (Å²) in [6.45, 7) is 7.43. The molecule has 0 aliphatic heterocycles. The third kappa shape index (κ3) is 28.9. The molecular formula is C90H59BrCl13F3N2O7. The van der Waals surface area contributed by atoms with E-state index >= 15 is 0 Å². The van der Waals surface area contributed by atoms with E-state index in [-0.39, 0.29) is 56.3 Å². The van der Waals surface area contributed by atoms with Gasteiger partial charge in [-0.1, -0.05) is 265 Å². The fourth-order valence-corrected chi connectivity index (χ4v) is 13.1. The highest BCUT2D eigenvalue weighted by atomic mass is 79.9. The summed E-state index contributed by atoms with van der Waals surface area (Å²) < 4.78 is 44.8. The van der Waals surface area contributed by atoms with Gasteiger partial charge in [0.1, 0.15) is 11.4 Å². The van der Waals surface area contributed by atoms with Gasteiger partial charge in [0.15, 0.2) is 34.7 Å². The molecule has 0 fully saturated rings. The molecule has 9 nitrogen and oxygen atoms in total. The Hall–Kier alpha value is -9.07. The Bertz CT molecular complexity index is 5580. The number of hydrogen-bond donors (Lipinski definition) is 0. The van der Waals surface area contributed by atoms with Crippen molar-refractivity contribution in [2.24, 2.45) is 7.05 Å².